The van der Waals surface area contributed by atoms with E-state index in [-0.39, 0.29) is 0 Å². The summed E-state index contributed by atoms with van der Waals surface area (Å²) in [5, 5.41) is 0. The van der Waals surface area contributed by atoms with Gasteiger partial charge in [-0.25, -0.2) is 0 Å². The Morgan fingerprint density at radius 2 is 1.83 bits per heavy atom. The van der Waals surface area contributed by atoms with Gasteiger partial charge in [0.15, 0.2) is 0 Å². The number of hydrogen-bond donors (Lipinski definition) is 0. The summed E-state index contributed by atoms with van der Waals surface area (Å²) in [5.41, 5.74) is 1.45. The van der Waals surface area contributed by atoms with Crippen molar-refractivity contribution in [1.29, 1.82) is 0 Å². The van der Waals surface area contributed by atoms with Crippen LogP contribution in [-0.4, -0.2) is 0 Å². The Morgan fingerprint density at radius 3 is 2.25 bits per heavy atom. The molecular formula is C12H20. The first-order valence-electron chi connectivity index (χ1n) is 4.63. The lowest BCUT2D eigenvalue weighted by atomic mass is 9.96. The highest BCUT2D eigenvalue weighted by molar-refractivity contribution is 5.11. The van der Waals surface area contributed by atoms with Crippen LogP contribution in [0.2, 0.25) is 0 Å². The number of hydrogen-bond acceptors (Lipinski definition) is 0. The molecule has 0 spiro atoms. The minimum Gasteiger partial charge on any atom is -0.0916 e. The third-order valence-corrected chi connectivity index (χ3v) is 2.09. The lowest BCUT2D eigenvalue weighted by molar-refractivity contribution is 0.771. The summed E-state index contributed by atoms with van der Waals surface area (Å²) in [5.74, 6) is 0.594. The molecule has 1 unspecified atom stereocenters. The van der Waals surface area contributed by atoms with E-state index >= 15 is 0 Å². The molecule has 0 aliphatic heterocycles. The van der Waals surface area contributed by atoms with Crippen LogP contribution in [0, 0.1) is 5.92 Å². The van der Waals surface area contributed by atoms with Gasteiger partial charge in [0.25, 0.3) is 0 Å². The third-order valence-electron chi connectivity index (χ3n) is 2.09. The van der Waals surface area contributed by atoms with E-state index in [0.717, 1.165) is 6.42 Å². The van der Waals surface area contributed by atoms with Crippen molar-refractivity contribution in [3.63, 3.8) is 0 Å². The maximum atomic E-state index is 2.26. The standard InChI is InChI=1S/C12H20/c1-5-8-10-12(9-6-2)11(4)7-3/h5-9,12H,10H2,1-4H3. The Morgan fingerprint density at radius 1 is 1.17 bits per heavy atom. The first-order chi connectivity index (χ1) is 5.76. The van der Waals surface area contributed by atoms with Crippen LogP contribution in [0.3, 0.4) is 0 Å². The van der Waals surface area contributed by atoms with Gasteiger partial charge in [0.2, 0.25) is 0 Å². The number of rotatable bonds is 4. The molecule has 12 heavy (non-hydrogen) atoms. The van der Waals surface area contributed by atoms with Crippen LogP contribution in [-0.2, 0) is 0 Å². The fourth-order valence-electron chi connectivity index (χ4n) is 1.15. The Kier molecular flexibility index (Phi) is 6.45. The molecule has 0 aliphatic rings. The van der Waals surface area contributed by atoms with Crippen molar-refractivity contribution >= 4 is 0 Å². The Bertz CT molecular complexity index is 182. The Hall–Kier alpha value is -0.780. The molecule has 0 bridgehead atoms. The maximum absolute atomic E-state index is 2.26. The minimum atomic E-state index is 0.594. The average molecular weight is 164 g/mol. The molecule has 68 valence electrons. The summed E-state index contributed by atoms with van der Waals surface area (Å²) in [6.45, 7) is 8.43. The second kappa shape index (κ2) is 6.90. The molecule has 0 saturated heterocycles. The van der Waals surface area contributed by atoms with E-state index in [4.69, 9.17) is 0 Å². The molecule has 0 rings (SSSR count). The van der Waals surface area contributed by atoms with Crippen LogP contribution < -0.4 is 0 Å². The summed E-state index contributed by atoms with van der Waals surface area (Å²) in [4.78, 5) is 0. The molecular weight excluding hydrogens is 144 g/mol. The summed E-state index contributed by atoms with van der Waals surface area (Å²) >= 11 is 0. The first kappa shape index (κ1) is 11.2. The SMILES string of the molecule is CC=CCC(C=CC)C(C)=CC. The van der Waals surface area contributed by atoms with E-state index in [1.165, 1.54) is 5.57 Å². The van der Waals surface area contributed by atoms with E-state index in [0.29, 0.717) is 5.92 Å². The van der Waals surface area contributed by atoms with Crippen molar-refractivity contribution in [3.8, 4) is 0 Å². The monoisotopic (exact) mass is 164 g/mol. The van der Waals surface area contributed by atoms with Crippen LogP contribution in [0.15, 0.2) is 36.0 Å². The van der Waals surface area contributed by atoms with Gasteiger partial charge in [-0.2, -0.15) is 0 Å². The highest BCUT2D eigenvalue weighted by atomic mass is 14.1. The Labute approximate surface area is 76.7 Å². The van der Waals surface area contributed by atoms with Crippen molar-refractivity contribution in [1.82, 2.24) is 0 Å². The predicted octanol–water partition coefficient (Wildman–Crippen LogP) is 4.11. The fourth-order valence-corrected chi connectivity index (χ4v) is 1.15. The van der Waals surface area contributed by atoms with Crippen molar-refractivity contribution in [2.24, 2.45) is 5.92 Å². The van der Waals surface area contributed by atoms with Gasteiger partial charge in [-0.1, -0.05) is 36.0 Å². The van der Waals surface area contributed by atoms with Gasteiger partial charge in [0.05, 0.1) is 0 Å². The van der Waals surface area contributed by atoms with E-state index in [9.17, 15) is 0 Å². The van der Waals surface area contributed by atoms with E-state index in [1.807, 2.05) is 0 Å². The number of allylic oxidation sites excluding steroid dienone is 6. The van der Waals surface area contributed by atoms with Gasteiger partial charge in [0.1, 0.15) is 0 Å². The molecule has 1 atom stereocenters. The van der Waals surface area contributed by atoms with Crippen LogP contribution in [0.4, 0.5) is 0 Å². The average Bonchev–Trinajstić information content (AvgIpc) is 2.11. The van der Waals surface area contributed by atoms with Crippen LogP contribution >= 0.6 is 0 Å². The van der Waals surface area contributed by atoms with E-state index < -0.39 is 0 Å². The molecule has 0 saturated carbocycles. The maximum Gasteiger partial charge on any atom is 0.000825 e. The molecule has 0 aromatic carbocycles. The largest absolute Gasteiger partial charge is 0.0916 e. The normalized spacial score (nSPS) is 16.2. The van der Waals surface area contributed by atoms with Crippen LogP contribution in [0.1, 0.15) is 34.1 Å². The van der Waals surface area contributed by atoms with Crippen LogP contribution in [0.5, 0.6) is 0 Å². The van der Waals surface area contributed by atoms with Crippen molar-refractivity contribution in [2.45, 2.75) is 34.1 Å². The van der Waals surface area contributed by atoms with Gasteiger partial charge in [0, 0.05) is 5.92 Å². The summed E-state index contributed by atoms with van der Waals surface area (Å²) in [6.07, 6.45) is 12.0. The third kappa shape index (κ3) is 4.17. The van der Waals surface area contributed by atoms with Crippen molar-refractivity contribution < 1.29 is 0 Å². The fraction of sp³-hybridized carbons (Fsp3) is 0.500. The lowest BCUT2D eigenvalue weighted by Gasteiger charge is -2.10. The summed E-state index contributed by atoms with van der Waals surface area (Å²) in [7, 11) is 0. The minimum absolute atomic E-state index is 0.594. The topological polar surface area (TPSA) is 0 Å². The molecule has 0 aromatic heterocycles. The zero-order valence-corrected chi connectivity index (χ0v) is 8.67. The molecule has 0 nitrogen and oxygen atoms in total. The first-order valence-corrected chi connectivity index (χ1v) is 4.63. The molecule has 0 amide bonds. The Balaban J connectivity index is 4.22. The van der Waals surface area contributed by atoms with Gasteiger partial charge in [-0.15, -0.1) is 0 Å². The molecule has 0 N–H and O–H groups in total. The zero-order chi connectivity index (χ0) is 9.40. The highest BCUT2D eigenvalue weighted by Gasteiger charge is 2.02. The molecule has 0 aromatic rings. The summed E-state index contributed by atoms with van der Waals surface area (Å²) in [6, 6.07) is 0. The van der Waals surface area contributed by atoms with Gasteiger partial charge in [-0.05, 0) is 34.1 Å². The molecule has 0 aliphatic carbocycles. The molecule has 0 heteroatoms. The van der Waals surface area contributed by atoms with Crippen molar-refractivity contribution in [2.75, 3.05) is 0 Å². The molecule has 0 fully saturated rings. The quantitative estimate of drug-likeness (QED) is 0.548. The predicted molar refractivity (Wildman–Crippen MR) is 57.2 cm³/mol. The van der Waals surface area contributed by atoms with Gasteiger partial charge >= 0.3 is 0 Å². The molecule has 0 radical (unpaired) electrons. The van der Waals surface area contributed by atoms with E-state index in [1.54, 1.807) is 0 Å². The van der Waals surface area contributed by atoms with Crippen molar-refractivity contribution in [3.05, 3.63) is 36.0 Å². The second-order valence-corrected chi connectivity index (χ2v) is 2.97. The smallest absolute Gasteiger partial charge is 0.000825 e. The molecule has 0 heterocycles. The van der Waals surface area contributed by atoms with Gasteiger partial charge in [-0.3, -0.25) is 0 Å². The second-order valence-electron chi connectivity index (χ2n) is 2.97. The van der Waals surface area contributed by atoms with Crippen LogP contribution in [0.25, 0.3) is 0 Å². The van der Waals surface area contributed by atoms with Gasteiger partial charge < -0.3 is 0 Å². The summed E-state index contributed by atoms with van der Waals surface area (Å²) < 4.78 is 0. The highest BCUT2D eigenvalue weighted by Crippen LogP contribution is 2.16. The van der Waals surface area contributed by atoms with E-state index in [2.05, 4.69) is 58.1 Å². The zero-order valence-electron chi connectivity index (χ0n) is 8.67. The lowest BCUT2D eigenvalue weighted by Crippen LogP contribution is -1.95.